The summed E-state index contributed by atoms with van der Waals surface area (Å²) in [5, 5.41) is 96.5. The summed E-state index contributed by atoms with van der Waals surface area (Å²) in [5.74, 6) is -0.177. The van der Waals surface area contributed by atoms with Crippen LogP contribution >= 0.6 is 0 Å². The second kappa shape index (κ2) is 13.2. The first-order valence-corrected chi connectivity index (χ1v) is 20.8. The quantitative estimate of drug-likeness (QED) is 0.161. The first kappa shape index (κ1) is 41.2. The Morgan fingerprint density at radius 1 is 0.691 bits per heavy atom. The molecule has 0 aromatic rings. The van der Waals surface area contributed by atoms with Crippen LogP contribution in [0.1, 0.15) is 99.8 Å². The Balaban J connectivity index is 0.998. The molecule has 21 atom stereocenters. The molecule has 8 rings (SSSR count). The lowest BCUT2D eigenvalue weighted by Gasteiger charge is -2.64. The molecule has 3 aliphatic heterocycles. The molecule has 316 valence electrons. The average Bonchev–Trinajstić information content (AvgIpc) is 3.47. The smallest absolute Gasteiger partial charge is 0.187 e. The lowest BCUT2D eigenvalue weighted by molar-refractivity contribution is -0.328. The molecular formula is C41H68O14. The fourth-order valence-electron chi connectivity index (χ4n) is 15.0. The van der Waals surface area contributed by atoms with Crippen molar-refractivity contribution in [2.24, 2.45) is 50.7 Å². The van der Waals surface area contributed by atoms with E-state index in [1.165, 1.54) is 0 Å². The highest BCUT2D eigenvalue weighted by atomic mass is 16.7. The lowest BCUT2D eigenvalue weighted by atomic mass is 9.41. The van der Waals surface area contributed by atoms with Crippen LogP contribution in [-0.4, -0.2) is 151 Å². The summed E-state index contributed by atoms with van der Waals surface area (Å²) in [6.07, 6.45) is -7.00. The van der Waals surface area contributed by atoms with Crippen molar-refractivity contribution < 1.29 is 69.6 Å². The molecular weight excluding hydrogens is 716 g/mol. The fraction of sp³-hybridized carbons (Fsp3) is 1.00. The predicted molar refractivity (Wildman–Crippen MR) is 194 cm³/mol. The molecule has 3 heterocycles. The minimum Gasteiger partial charge on any atom is -0.394 e. The van der Waals surface area contributed by atoms with E-state index >= 15 is 0 Å². The number of hydrogen-bond acceptors (Lipinski definition) is 14. The van der Waals surface area contributed by atoms with Gasteiger partial charge in [-0.25, -0.2) is 0 Å². The molecule has 3 saturated heterocycles. The van der Waals surface area contributed by atoms with Gasteiger partial charge in [0, 0.05) is 11.8 Å². The van der Waals surface area contributed by atoms with Crippen molar-refractivity contribution >= 4 is 0 Å². The van der Waals surface area contributed by atoms with E-state index in [2.05, 4.69) is 34.6 Å². The highest BCUT2D eigenvalue weighted by Crippen LogP contribution is 2.89. The van der Waals surface area contributed by atoms with E-state index in [1.54, 1.807) is 0 Å². The molecule has 8 fully saturated rings. The standard InChI is InChI=1S/C41H68O14/c1-35(2)25(54-33-29(49)26(46)22(45)17-51-33)8-9-41-18-40(41)11-10-37(5)32(21(44)14-38(37,6)24(40)12-20(43)31(35)41)39(7)13-19(16-52-39)36(3,4)55-34-30(50)28(48)27(47)23(15-42)53-34/h19-34,42-50H,8-18H2,1-7H3/t19-,20+,21-,22-,23-,24-,25-,26-,27+,28-,29-,30-,31+,32-,33-,34-,37+,38-,39+,40-,41+/m1/s1. The average molecular weight is 785 g/mol. The van der Waals surface area contributed by atoms with Gasteiger partial charge in [0.25, 0.3) is 0 Å². The van der Waals surface area contributed by atoms with Gasteiger partial charge in [-0.05, 0) is 111 Å². The largest absolute Gasteiger partial charge is 0.394 e. The molecule has 0 radical (unpaired) electrons. The van der Waals surface area contributed by atoms with Crippen LogP contribution in [0.2, 0.25) is 0 Å². The molecule has 0 amide bonds. The van der Waals surface area contributed by atoms with Gasteiger partial charge in [-0.3, -0.25) is 0 Å². The number of aliphatic hydroxyl groups is 9. The fourth-order valence-corrected chi connectivity index (χ4v) is 15.0. The Bertz CT molecular complexity index is 1460. The SMILES string of the molecule is CC(C)(O[C@H]1O[C@H](CO)[C@H](O)[C@@H](O)[C@H]1O)[C@H]1CO[C@](C)([C@@H]2[C@H](O)C[C@]3(C)[C@H]4C[C@H](O)[C@H]5C(C)(C)[C@H](O[C@H]6OC[C@@H](O)[C@@H](O)[C@H]6O)CC[C@]56C[C@]46CC[C@@]23C)C1. The number of fused-ring (bicyclic) bond motifs is 2. The molecule has 0 unspecified atom stereocenters. The van der Waals surface area contributed by atoms with Crippen LogP contribution in [0.25, 0.3) is 0 Å². The summed E-state index contributed by atoms with van der Waals surface area (Å²) in [4.78, 5) is 0. The van der Waals surface area contributed by atoms with Crippen LogP contribution in [-0.2, 0) is 23.7 Å². The molecule has 9 N–H and O–H groups in total. The van der Waals surface area contributed by atoms with E-state index in [0.29, 0.717) is 25.9 Å². The normalized spacial score (nSPS) is 58.7. The van der Waals surface area contributed by atoms with Gasteiger partial charge in [0.1, 0.15) is 42.7 Å². The van der Waals surface area contributed by atoms with Crippen molar-refractivity contribution in [3.05, 3.63) is 0 Å². The van der Waals surface area contributed by atoms with Crippen LogP contribution in [0.3, 0.4) is 0 Å². The molecule has 0 aromatic heterocycles. The van der Waals surface area contributed by atoms with E-state index in [0.717, 1.165) is 32.1 Å². The summed E-state index contributed by atoms with van der Waals surface area (Å²) in [6.45, 7) is 14.6. The Morgan fingerprint density at radius 2 is 1.38 bits per heavy atom. The van der Waals surface area contributed by atoms with Gasteiger partial charge in [0.15, 0.2) is 12.6 Å². The predicted octanol–water partition coefficient (Wildman–Crippen LogP) is 0.582. The van der Waals surface area contributed by atoms with E-state index in [4.69, 9.17) is 23.7 Å². The van der Waals surface area contributed by atoms with Gasteiger partial charge in [-0.2, -0.15) is 0 Å². The third-order valence-corrected chi connectivity index (χ3v) is 17.9. The van der Waals surface area contributed by atoms with Crippen LogP contribution in [0.15, 0.2) is 0 Å². The highest BCUT2D eigenvalue weighted by molar-refractivity contribution is 5.33. The molecule has 5 aliphatic carbocycles. The molecule has 5 saturated carbocycles. The molecule has 0 bridgehead atoms. The summed E-state index contributed by atoms with van der Waals surface area (Å²) in [5.41, 5.74) is -2.65. The molecule has 14 nitrogen and oxygen atoms in total. The van der Waals surface area contributed by atoms with E-state index in [-0.39, 0.29) is 58.0 Å². The van der Waals surface area contributed by atoms with Gasteiger partial charge in [0.2, 0.25) is 0 Å². The van der Waals surface area contributed by atoms with E-state index in [9.17, 15) is 46.0 Å². The molecule has 55 heavy (non-hydrogen) atoms. The first-order chi connectivity index (χ1) is 25.5. The van der Waals surface area contributed by atoms with Crippen molar-refractivity contribution in [1.29, 1.82) is 0 Å². The monoisotopic (exact) mass is 784 g/mol. The third kappa shape index (κ3) is 5.63. The maximum absolute atomic E-state index is 12.3. The van der Waals surface area contributed by atoms with Crippen molar-refractivity contribution in [2.45, 2.75) is 185 Å². The second-order valence-electron chi connectivity index (χ2n) is 21.1. The van der Waals surface area contributed by atoms with Gasteiger partial charge in [-0.1, -0.05) is 27.7 Å². The van der Waals surface area contributed by atoms with E-state index in [1.807, 2.05) is 13.8 Å². The van der Waals surface area contributed by atoms with Crippen molar-refractivity contribution in [3.63, 3.8) is 0 Å². The number of ether oxygens (including phenoxy) is 5. The number of rotatable bonds is 7. The molecule has 14 heteroatoms. The number of aliphatic hydroxyl groups excluding tert-OH is 9. The zero-order valence-corrected chi connectivity index (χ0v) is 33.6. The topological polar surface area (TPSA) is 228 Å². The van der Waals surface area contributed by atoms with Gasteiger partial charge >= 0.3 is 0 Å². The Labute approximate surface area is 324 Å². The zero-order chi connectivity index (χ0) is 40.1. The third-order valence-electron chi connectivity index (χ3n) is 17.9. The van der Waals surface area contributed by atoms with Gasteiger partial charge in [-0.15, -0.1) is 0 Å². The van der Waals surface area contributed by atoms with Crippen LogP contribution in [0.4, 0.5) is 0 Å². The van der Waals surface area contributed by atoms with Crippen LogP contribution in [0.5, 0.6) is 0 Å². The van der Waals surface area contributed by atoms with Gasteiger partial charge < -0.3 is 69.6 Å². The van der Waals surface area contributed by atoms with Crippen molar-refractivity contribution in [1.82, 2.24) is 0 Å². The lowest BCUT2D eigenvalue weighted by Crippen LogP contribution is -2.63. The Kier molecular flexibility index (Phi) is 9.90. The second-order valence-corrected chi connectivity index (χ2v) is 21.1. The molecule has 8 aliphatic rings. The zero-order valence-electron chi connectivity index (χ0n) is 33.6. The highest BCUT2D eigenvalue weighted by Gasteiger charge is 2.85. The Hall–Kier alpha value is -0.560. The molecule has 0 aromatic carbocycles. The van der Waals surface area contributed by atoms with Crippen molar-refractivity contribution in [3.8, 4) is 0 Å². The summed E-state index contributed by atoms with van der Waals surface area (Å²) < 4.78 is 30.8. The number of hydrogen-bond donors (Lipinski definition) is 9. The summed E-state index contributed by atoms with van der Waals surface area (Å²) in [6, 6.07) is 0. The summed E-state index contributed by atoms with van der Waals surface area (Å²) in [7, 11) is 0. The molecule has 2 spiro atoms. The summed E-state index contributed by atoms with van der Waals surface area (Å²) >= 11 is 0. The van der Waals surface area contributed by atoms with Crippen LogP contribution in [0, 0.1) is 50.7 Å². The maximum Gasteiger partial charge on any atom is 0.187 e. The first-order valence-electron chi connectivity index (χ1n) is 20.8. The van der Waals surface area contributed by atoms with Crippen molar-refractivity contribution in [2.75, 3.05) is 19.8 Å². The Morgan fingerprint density at radius 3 is 2.07 bits per heavy atom. The maximum atomic E-state index is 12.3. The van der Waals surface area contributed by atoms with E-state index < -0.39 is 90.7 Å². The minimum atomic E-state index is -1.54. The minimum absolute atomic E-state index is 0.0321. The van der Waals surface area contributed by atoms with Gasteiger partial charge in [0.05, 0.1) is 49.3 Å². The van der Waals surface area contributed by atoms with Crippen LogP contribution < -0.4 is 0 Å².